The van der Waals surface area contributed by atoms with Gasteiger partial charge in [0.25, 0.3) is 0 Å². The van der Waals surface area contributed by atoms with Crippen molar-refractivity contribution in [3.05, 3.63) is 75.3 Å². The van der Waals surface area contributed by atoms with Crippen LogP contribution in [0.3, 0.4) is 0 Å². The fourth-order valence-electron chi connectivity index (χ4n) is 8.54. The fraction of sp³-hybridized carbons (Fsp3) is 0.452. The molecule has 0 radical (unpaired) electrons. The van der Waals surface area contributed by atoms with Crippen molar-refractivity contribution in [3.63, 3.8) is 0 Å². The summed E-state index contributed by atoms with van der Waals surface area (Å²) >= 11 is 0. The Kier molecular flexibility index (Phi) is 18.1. The van der Waals surface area contributed by atoms with Gasteiger partial charge in [0.05, 0.1) is 0 Å². The van der Waals surface area contributed by atoms with E-state index in [0.717, 1.165) is 0 Å². The van der Waals surface area contributed by atoms with Gasteiger partial charge in [0.1, 0.15) is 8.07 Å². The molecule has 0 aliphatic heterocycles. The molecule has 0 saturated carbocycles. The van der Waals surface area contributed by atoms with Crippen LogP contribution in [-0.2, 0) is 21.7 Å². The van der Waals surface area contributed by atoms with E-state index in [-0.39, 0.29) is 58.9 Å². The molecule has 0 unspecified atom stereocenters. The summed E-state index contributed by atoms with van der Waals surface area (Å²) in [6, 6.07) is 14.1. The molecule has 0 bridgehead atoms. The van der Waals surface area contributed by atoms with E-state index in [0.29, 0.717) is 0 Å². The topological polar surface area (TPSA) is 19.4 Å². The number of hydrogen-bond donors (Lipinski definition) is 0. The summed E-state index contributed by atoms with van der Waals surface area (Å²) in [5.74, 6) is 0. The number of benzene rings is 3. The molecule has 0 amide bonds. The third-order valence-corrected chi connectivity index (χ3v) is 16.0. The molecule has 6 nitrogen and oxygen atoms in total. The molecule has 290 valence electrons. The predicted octanol–water partition coefficient (Wildman–Crippen LogP) is -3.65. The van der Waals surface area contributed by atoms with E-state index in [1.807, 2.05) is 0 Å². The van der Waals surface area contributed by atoms with E-state index in [1.54, 1.807) is 0 Å². The fourth-order valence-corrected chi connectivity index (χ4v) is 15.9. The van der Waals surface area contributed by atoms with E-state index in [9.17, 15) is 0 Å². The molecule has 0 saturated heterocycles. The Labute approximate surface area is 357 Å². The largest absolute Gasteiger partial charge is 4.00 e. The van der Waals surface area contributed by atoms with Crippen molar-refractivity contribution in [1.29, 1.82) is 0 Å². The number of hydrogen-bond acceptors (Lipinski definition) is 6. The maximum absolute atomic E-state index is 3.39. The molecule has 0 aliphatic rings. The minimum absolute atomic E-state index is 0. The molecule has 0 aliphatic carbocycles. The summed E-state index contributed by atoms with van der Waals surface area (Å²) in [6.45, 7) is 16.4. The van der Waals surface area contributed by atoms with Crippen molar-refractivity contribution in [2.75, 3.05) is 114 Å². The number of aryl methyl sites for hydroxylation is 3. The molecule has 4 aromatic carbocycles. The van der Waals surface area contributed by atoms with Gasteiger partial charge >= 0.3 is 21.7 Å². The van der Waals surface area contributed by atoms with Crippen LogP contribution in [0.15, 0.2) is 36.4 Å². The number of halogens is 3. The average Bonchev–Trinajstić information content (AvgIpc) is 3.19. The molecular weight excluding hydrogens is 771 g/mol. The zero-order valence-corrected chi connectivity index (χ0v) is 40.6. The maximum atomic E-state index is 2.40. The molecular formula is C42H63Cl3N6SiTi. The van der Waals surface area contributed by atoms with Gasteiger partial charge in [-0.3, -0.25) is 0 Å². The molecule has 0 atom stereocenters. The van der Waals surface area contributed by atoms with Gasteiger partial charge in [-0.25, -0.2) is 0 Å². The van der Waals surface area contributed by atoms with E-state index in [1.165, 1.54) is 93.8 Å². The summed E-state index contributed by atoms with van der Waals surface area (Å²) in [5, 5.41) is 5.82. The third kappa shape index (κ3) is 8.27. The van der Waals surface area contributed by atoms with Crippen LogP contribution in [0.4, 0.5) is 34.1 Å². The molecule has 0 N–H and O–H groups in total. The summed E-state index contributed by atoms with van der Waals surface area (Å²) in [4.78, 5) is 14.2. The van der Waals surface area contributed by atoms with Crippen LogP contribution in [0.25, 0.3) is 0 Å². The van der Waals surface area contributed by atoms with Crippen LogP contribution in [0.5, 0.6) is 0 Å². The maximum Gasteiger partial charge on any atom is 4.00 e. The second kappa shape index (κ2) is 19.0. The third-order valence-electron chi connectivity index (χ3n) is 10.8. The monoisotopic (exact) mass is 832 g/mol. The summed E-state index contributed by atoms with van der Waals surface area (Å²) in [7, 11) is 23.3. The molecule has 53 heavy (non-hydrogen) atoms. The summed E-state index contributed by atoms with van der Waals surface area (Å²) in [6.07, 6.45) is 0. The Morgan fingerprint density at radius 1 is 0.377 bits per heavy atom. The Morgan fingerprint density at radius 3 is 0.792 bits per heavy atom. The average molecular weight is 834 g/mol. The van der Waals surface area contributed by atoms with Gasteiger partial charge in [0.15, 0.2) is 0 Å². The number of rotatable bonds is 10. The molecule has 0 aromatic heterocycles. The SMILES string of the molecule is Cc1ccc(N(C)C)c([Si](c2c(N(C)C)ccc(C)c2N(C)C)(c2c(N(C)C)ccc(C)c2N(C)C)[c-]2c(C)c(C)c(C)c2C)c1N(C)C.[Cl-].[Cl-].[Cl-].[Ti+4]. The zero-order chi connectivity index (χ0) is 37.0. The molecule has 4 rings (SSSR count). The van der Waals surface area contributed by atoms with Crippen LogP contribution in [0.2, 0.25) is 0 Å². The van der Waals surface area contributed by atoms with Crippen molar-refractivity contribution < 1.29 is 58.9 Å². The summed E-state index contributed by atoms with van der Waals surface area (Å²) < 4.78 is 0. The first kappa shape index (κ1) is 50.6. The van der Waals surface area contributed by atoms with Crippen LogP contribution in [-0.4, -0.2) is 92.6 Å². The molecule has 11 heteroatoms. The summed E-state index contributed by atoms with van der Waals surface area (Å²) in [5.41, 5.74) is 17.2. The van der Waals surface area contributed by atoms with Crippen LogP contribution < -0.4 is 87.4 Å². The normalized spacial score (nSPS) is 10.7. The van der Waals surface area contributed by atoms with Gasteiger partial charge in [-0.2, -0.15) is 22.3 Å². The van der Waals surface area contributed by atoms with Crippen molar-refractivity contribution >= 4 is 62.9 Å². The van der Waals surface area contributed by atoms with Gasteiger partial charge in [0, 0.05) is 119 Å². The molecule has 4 aromatic rings. The van der Waals surface area contributed by atoms with E-state index < -0.39 is 8.07 Å². The second-order valence-corrected chi connectivity index (χ2v) is 18.9. The predicted molar refractivity (Wildman–Crippen MR) is 225 cm³/mol. The van der Waals surface area contributed by atoms with Gasteiger partial charge < -0.3 is 66.6 Å². The van der Waals surface area contributed by atoms with Crippen LogP contribution in [0.1, 0.15) is 38.9 Å². The molecule has 0 spiro atoms. The van der Waals surface area contributed by atoms with Crippen LogP contribution in [0, 0.1) is 48.5 Å². The van der Waals surface area contributed by atoms with Crippen molar-refractivity contribution in [3.8, 4) is 0 Å². The van der Waals surface area contributed by atoms with Crippen LogP contribution >= 0.6 is 0 Å². The minimum Gasteiger partial charge on any atom is -1.00 e. The Hall–Kier alpha value is -2.39. The smallest absolute Gasteiger partial charge is 1.00 e. The number of nitrogens with zero attached hydrogens (tertiary/aromatic N) is 6. The quantitative estimate of drug-likeness (QED) is 0.0928. The van der Waals surface area contributed by atoms with E-state index in [4.69, 9.17) is 0 Å². The first-order valence-electron chi connectivity index (χ1n) is 17.4. The van der Waals surface area contributed by atoms with Gasteiger partial charge in [-0.05, 0) is 71.2 Å². The Morgan fingerprint density at radius 2 is 0.604 bits per heavy atom. The molecule has 0 fully saturated rings. The van der Waals surface area contributed by atoms with Gasteiger partial charge in [-0.1, -0.05) is 45.9 Å². The van der Waals surface area contributed by atoms with Crippen molar-refractivity contribution in [2.24, 2.45) is 0 Å². The van der Waals surface area contributed by atoms with Gasteiger partial charge in [-0.15, -0.1) is 5.19 Å². The molecule has 0 heterocycles. The standard InChI is InChI=1S/C42H63N6Si.3ClH.Ti/c1-26-20-23-33(43(8)9)40(36(26)46(14)15)49(39-31(6)29(4)30(5)32(39)7,41-34(44(10)11)24-21-27(2)37(41)47(16)17)42-35(45(12)13)25-22-28(3)38(42)48(18)19;;;;/h20-25H,1-19H3;3*1H;/q-1;;;;+4/p-3. The number of anilines is 6. The van der Waals surface area contributed by atoms with E-state index >= 15 is 0 Å². The Balaban J connectivity index is 0.00000676. The first-order valence-corrected chi connectivity index (χ1v) is 19.4. The second-order valence-electron chi connectivity index (χ2n) is 15.4. The van der Waals surface area contributed by atoms with Gasteiger partial charge in [0.2, 0.25) is 0 Å². The van der Waals surface area contributed by atoms with E-state index in [2.05, 4.69) is 199 Å². The Bertz CT molecular complexity index is 1690. The first-order chi connectivity index (χ1) is 22.7. The zero-order valence-electron chi connectivity index (χ0n) is 35.8. The van der Waals surface area contributed by atoms with Crippen molar-refractivity contribution in [2.45, 2.75) is 48.5 Å². The minimum atomic E-state index is -3.39. The van der Waals surface area contributed by atoms with Crippen molar-refractivity contribution in [1.82, 2.24) is 0 Å².